The van der Waals surface area contributed by atoms with Crippen LogP contribution >= 0.6 is 0 Å². The van der Waals surface area contributed by atoms with E-state index in [0.29, 0.717) is 53.4 Å². The van der Waals surface area contributed by atoms with Crippen LogP contribution in [-0.4, -0.2) is 51.6 Å². The van der Waals surface area contributed by atoms with Crippen LogP contribution in [-0.2, 0) is 32.0 Å². The van der Waals surface area contributed by atoms with E-state index >= 15 is 0 Å². The summed E-state index contributed by atoms with van der Waals surface area (Å²) in [5, 5.41) is 0. The molecule has 0 amide bonds. The van der Waals surface area contributed by atoms with Gasteiger partial charge in [-0.05, 0) is 80.5 Å². The molecular formula is C34H44O8. The standard InChI is InChI=1S/C34H44O8/c1-20(2)14-22(17-31(37)42-34(3,4)5)28(36)16-23-15-21(10-13-29(23)38-6)26-18-24(35)11-12-25-27(26)19-30(39-7)33(41-9)32(25)40-8/h10,13,15,18-20,22H,11-12,14,16-17H2,1-9H3/t22-/m0/s1. The lowest BCUT2D eigenvalue weighted by molar-refractivity contribution is -0.157. The molecule has 0 unspecified atom stereocenters. The number of esters is 1. The van der Waals surface area contributed by atoms with E-state index in [-0.39, 0.29) is 36.3 Å². The minimum Gasteiger partial charge on any atom is -0.496 e. The molecule has 228 valence electrons. The lowest BCUT2D eigenvalue weighted by atomic mass is 9.86. The molecule has 1 aliphatic rings. The number of hydrogen-bond donors (Lipinski definition) is 0. The Bertz CT molecular complexity index is 1350. The van der Waals surface area contributed by atoms with Crippen LogP contribution in [0.15, 0.2) is 30.3 Å². The van der Waals surface area contributed by atoms with Gasteiger partial charge in [-0.3, -0.25) is 14.4 Å². The maximum absolute atomic E-state index is 13.7. The molecule has 0 aromatic heterocycles. The first-order chi connectivity index (χ1) is 19.8. The molecule has 0 fully saturated rings. The Morgan fingerprint density at radius 1 is 0.881 bits per heavy atom. The van der Waals surface area contributed by atoms with Crippen molar-refractivity contribution in [1.29, 1.82) is 0 Å². The van der Waals surface area contributed by atoms with E-state index in [4.69, 9.17) is 23.7 Å². The summed E-state index contributed by atoms with van der Waals surface area (Å²) in [5.41, 5.74) is 3.11. The van der Waals surface area contributed by atoms with E-state index < -0.39 is 11.5 Å². The fourth-order valence-electron chi connectivity index (χ4n) is 5.40. The zero-order valence-electron chi connectivity index (χ0n) is 26.3. The molecule has 0 heterocycles. The first-order valence-electron chi connectivity index (χ1n) is 14.3. The highest BCUT2D eigenvalue weighted by atomic mass is 16.6. The van der Waals surface area contributed by atoms with Crippen molar-refractivity contribution < 1.29 is 38.1 Å². The van der Waals surface area contributed by atoms with Gasteiger partial charge in [0.25, 0.3) is 0 Å². The Morgan fingerprint density at radius 2 is 1.55 bits per heavy atom. The number of allylic oxidation sites excluding steroid dienone is 1. The van der Waals surface area contributed by atoms with E-state index in [1.54, 1.807) is 40.6 Å². The molecule has 3 rings (SSSR count). The number of carbonyl (C=O) groups is 3. The van der Waals surface area contributed by atoms with Gasteiger partial charge in [-0.1, -0.05) is 19.9 Å². The fraction of sp³-hybridized carbons (Fsp3) is 0.500. The second kappa shape index (κ2) is 13.9. The van der Waals surface area contributed by atoms with Crippen LogP contribution in [0.25, 0.3) is 5.57 Å². The van der Waals surface area contributed by atoms with Gasteiger partial charge in [0.05, 0.1) is 34.9 Å². The second-order valence-corrected chi connectivity index (χ2v) is 12.0. The Kier molecular flexibility index (Phi) is 10.8. The Morgan fingerprint density at radius 3 is 2.12 bits per heavy atom. The third-order valence-corrected chi connectivity index (χ3v) is 7.15. The number of rotatable bonds is 12. The van der Waals surface area contributed by atoms with Crippen LogP contribution in [0.4, 0.5) is 0 Å². The molecule has 42 heavy (non-hydrogen) atoms. The van der Waals surface area contributed by atoms with Crippen molar-refractivity contribution in [1.82, 2.24) is 0 Å². The molecule has 1 atom stereocenters. The number of Topliss-reactive ketones (excluding diaryl/α,β-unsaturated/α-hetero) is 1. The van der Waals surface area contributed by atoms with E-state index in [9.17, 15) is 14.4 Å². The first-order valence-corrected chi connectivity index (χ1v) is 14.3. The number of benzene rings is 2. The van der Waals surface area contributed by atoms with E-state index in [2.05, 4.69) is 0 Å². The van der Waals surface area contributed by atoms with Crippen LogP contribution in [0.2, 0.25) is 0 Å². The number of fused-ring (bicyclic) bond motifs is 1. The highest BCUT2D eigenvalue weighted by Crippen LogP contribution is 2.46. The van der Waals surface area contributed by atoms with Gasteiger partial charge in [0.1, 0.15) is 17.1 Å². The number of methoxy groups -OCH3 is 4. The predicted octanol–water partition coefficient (Wildman–Crippen LogP) is 6.17. The maximum atomic E-state index is 13.7. The molecule has 0 aliphatic heterocycles. The summed E-state index contributed by atoms with van der Waals surface area (Å²) in [6, 6.07) is 7.41. The first kappa shape index (κ1) is 32.7. The van der Waals surface area contributed by atoms with Gasteiger partial charge in [0.15, 0.2) is 17.3 Å². The summed E-state index contributed by atoms with van der Waals surface area (Å²) < 4.78 is 28.1. The summed E-state index contributed by atoms with van der Waals surface area (Å²) in [6.45, 7) is 9.49. The summed E-state index contributed by atoms with van der Waals surface area (Å²) in [6.07, 6.45) is 3.07. The summed E-state index contributed by atoms with van der Waals surface area (Å²) in [4.78, 5) is 39.2. The van der Waals surface area contributed by atoms with Crippen molar-refractivity contribution in [3.05, 3.63) is 52.6 Å². The summed E-state index contributed by atoms with van der Waals surface area (Å²) >= 11 is 0. The SMILES string of the molecule is COc1ccc(C2=CC(=O)CCc3c2cc(OC)c(OC)c3OC)cc1CC(=O)[C@H](CC(=O)OC(C)(C)C)CC(C)C. The lowest BCUT2D eigenvalue weighted by Gasteiger charge is -2.23. The van der Waals surface area contributed by atoms with Crippen LogP contribution < -0.4 is 18.9 Å². The molecular weight excluding hydrogens is 536 g/mol. The molecule has 0 saturated heterocycles. The molecule has 0 bridgehead atoms. The van der Waals surface area contributed by atoms with Gasteiger partial charge < -0.3 is 23.7 Å². The monoisotopic (exact) mass is 580 g/mol. The van der Waals surface area contributed by atoms with Crippen molar-refractivity contribution in [2.24, 2.45) is 11.8 Å². The normalized spacial score (nSPS) is 14.0. The maximum Gasteiger partial charge on any atom is 0.307 e. The van der Waals surface area contributed by atoms with Crippen molar-refractivity contribution in [2.45, 2.75) is 72.3 Å². The number of ketones is 2. The van der Waals surface area contributed by atoms with Crippen LogP contribution in [0.5, 0.6) is 23.0 Å². The average molecular weight is 581 g/mol. The van der Waals surface area contributed by atoms with E-state index in [1.165, 1.54) is 0 Å². The molecule has 0 N–H and O–H groups in total. The Hall–Kier alpha value is -3.81. The third kappa shape index (κ3) is 7.93. The van der Waals surface area contributed by atoms with Gasteiger partial charge in [0, 0.05) is 29.9 Å². The van der Waals surface area contributed by atoms with Gasteiger partial charge in [-0.2, -0.15) is 0 Å². The zero-order valence-corrected chi connectivity index (χ0v) is 26.3. The number of hydrogen-bond acceptors (Lipinski definition) is 8. The smallest absolute Gasteiger partial charge is 0.307 e. The van der Waals surface area contributed by atoms with Crippen LogP contribution in [0.3, 0.4) is 0 Å². The Labute approximate surface area is 249 Å². The molecule has 2 aromatic rings. The Balaban J connectivity index is 2.06. The van der Waals surface area contributed by atoms with Gasteiger partial charge in [-0.15, -0.1) is 0 Å². The van der Waals surface area contributed by atoms with Crippen LogP contribution in [0, 0.1) is 11.8 Å². The highest BCUT2D eigenvalue weighted by Gasteiger charge is 2.29. The highest BCUT2D eigenvalue weighted by molar-refractivity contribution is 6.03. The summed E-state index contributed by atoms with van der Waals surface area (Å²) in [5.74, 6) is 1.27. The second-order valence-electron chi connectivity index (χ2n) is 12.0. The fourth-order valence-corrected chi connectivity index (χ4v) is 5.40. The van der Waals surface area contributed by atoms with Gasteiger partial charge in [-0.25, -0.2) is 0 Å². The largest absolute Gasteiger partial charge is 0.496 e. The van der Waals surface area contributed by atoms with Crippen LogP contribution in [0.1, 0.15) is 76.1 Å². The topological polar surface area (TPSA) is 97.4 Å². The predicted molar refractivity (Wildman–Crippen MR) is 162 cm³/mol. The average Bonchev–Trinajstić information content (AvgIpc) is 3.08. The molecule has 0 radical (unpaired) electrons. The minimum atomic E-state index is -0.629. The van der Waals surface area contributed by atoms with Gasteiger partial charge >= 0.3 is 5.97 Å². The third-order valence-electron chi connectivity index (χ3n) is 7.15. The van der Waals surface area contributed by atoms with Crippen molar-refractivity contribution in [2.75, 3.05) is 28.4 Å². The zero-order chi connectivity index (χ0) is 31.2. The number of ether oxygens (including phenoxy) is 5. The van der Waals surface area contributed by atoms with E-state index in [1.807, 2.05) is 52.8 Å². The molecule has 0 saturated carbocycles. The van der Waals surface area contributed by atoms with Crippen molar-refractivity contribution in [3.63, 3.8) is 0 Å². The molecule has 0 spiro atoms. The number of carbonyl (C=O) groups excluding carboxylic acids is 3. The molecule has 2 aromatic carbocycles. The van der Waals surface area contributed by atoms with Crippen molar-refractivity contribution >= 4 is 23.1 Å². The lowest BCUT2D eigenvalue weighted by Crippen LogP contribution is -2.28. The minimum absolute atomic E-state index is 0.0186. The van der Waals surface area contributed by atoms with Crippen molar-refractivity contribution in [3.8, 4) is 23.0 Å². The molecule has 8 heteroatoms. The summed E-state index contributed by atoms with van der Waals surface area (Å²) in [7, 11) is 6.22. The van der Waals surface area contributed by atoms with E-state index in [0.717, 1.165) is 16.7 Å². The molecule has 1 aliphatic carbocycles. The quantitative estimate of drug-likeness (QED) is 0.275. The molecule has 8 nitrogen and oxygen atoms in total. The van der Waals surface area contributed by atoms with Gasteiger partial charge in [0.2, 0.25) is 5.75 Å².